The van der Waals surface area contributed by atoms with Crippen molar-refractivity contribution < 1.29 is 9.63 Å². The van der Waals surface area contributed by atoms with Crippen LogP contribution in [-0.4, -0.2) is 18.7 Å². The van der Waals surface area contributed by atoms with E-state index in [4.69, 9.17) is 0 Å². The van der Waals surface area contributed by atoms with Gasteiger partial charge in [-0.2, -0.15) is 0 Å². The Morgan fingerprint density at radius 3 is 3.00 bits per heavy atom. The number of hydrogen-bond donors (Lipinski definition) is 1. The molecule has 1 rings (SSSR count). The van der Waals surface area contributed by atoms with Crippen molar-refractivity contribution in [2.24, 2.45) is 5.16 Å². The van der Waals surface area contributed by atoms with Gasteiger partial charge in [-0.05, 0) is 35.0 Å². The van der Waals surface area contributed by atoms with Crippen molar-refractivity contribution >= 4 is 33.7 Å². The van der Waals surface area contributed by atoms with Crippen molar-refractivity contribution in [2.45, 2.75) is 6.92 Å². The number of anilines is 1. The van der Waals surface area contributed by atoms with E-state index in [1.54, 1.807) is 13.0 Å². The van der Waals surface area contributed by atoms with Crippen LogP contribution in [0.5, 0.6) is 0 Å². The van der Waals surface area contributed by atoms with Crippen LogP contribution >= 0.6 is 15.9 Å². The van der Waals surface area contributed by atoms with E-state index >= 15 is 0 Å². The molecule has 15 heavy (non-hydrogen) atoms. The maximum absolute atomic E-state index is 11.3. The number of benzene rings is 1. The predicted molar refractivity (Wildman–Crippen MR) is 62.9 cm³/mol. The van der Waals surface area contributed by atoms with Gasteiger partial charge >= 0.3 is 0 Å². The number of carbonyl (C=O) groups is 1. The van der Waals surface area contributed by atoms with Crippen molar-refractivity contribution in [3.05, 3.63) is 28.7 Å². The van der Waals surface area contributed by atoms with Crippen LogP contribution in [0.25, 0.3) is 0 Å². The molecule has 0 unspecified atom stereocenters. The molecule has 0 radical (unpaired) electrons. The first-order chi connectivity index (χ1) is 7.24. The minimum atomic E-state index is -0.324. The van der Waals surface area contributed by atoms with Gasteiger partial charge < -0.3 is 10.2 Å². The molecule has 1 aromatic carbocycles. The summed E-state index contributed by atoms with van der Waals surface area (Å²) in [5.41, 5.74) is 0.699. The maximum Gasteiger partial charge on any atom is 0.270 e. The Bertz CT molecular complexity index is 366. The molecule has 0 heterocycles. The van der Waals surface area contributed by atoms with E-state index in [0.29, 0.717) is 12.3 Å². The Morgan fingerprint density at radius 2 is 2.33 bits per heavy atom. The Labute approximate surface area is 96.4 Å². The summed E-state index contributed by atoms with van der Waals surface area (Å²) in [7, 11) is 0. The highest BCUT2D eigenvalue weighted by atomic mass is 79.9. The van der Waals surface area contributed by atoms with E-state index in [-0.39, 0.29) is 5.91 Å². The molecule has 5 heteroatoms. The lowest BCUT2D eigenvalue weighted by molar-refractivity contribution is -0.110. The molecule has 1 amide bonds. The summed E-state index contributed by atoms with van der Waals surface area (Å²) < 4.78 is 0.822. The number of para-hydroxylation sites is 1. The summed E-state index contributed by atoms with van der Waals surface area (Å²) in [6.45, 7) is 2.24. The lowest BCUT2D eigenvalue weighted by Gasteiger charge is -2.03. The molecule has 0 spiro atoms. The van der Waals surface area contributed by atoms with Gasteiger partial charge in [0.25, 0.3) is 5.91 Å². The molecule has 1 aromatic rings. The van der Waals surface area contributed by atoms with Gasteiger partial charge in [0.15, 0.2) is 0 Å². The van der Waals surface area contributed by atoms with E-state index in [0.717, 1.165) is 10.7 Å². The molecule has 0 atom stereocenters. The predicted octanol–water partition coefficient (Wildman–Crippen LogP) is 2.41. The van der Waals surface area contributed by atoms with Gasteiger partial charge in [0.05, 0.1) is 5.69 Å². The van der Waals surface area contributed by atoms with E-state index in [1.807, 2.05) is 18.2 Å². The molecule has 0 aromatic heterocycles. The fourth-order valence-electron chi connectivity index (χ4n) is 0.887. The molecular formula is C10H11BrN2O2. The van der Waals surface area contributed by atoms with Crippen LogP contribution in [0.4, 0.5) is 5.69 Å². The smallest absolute Gasteiger partial charge is 0.270 e. The fraction of sp³-hybridized carbons (Fsp3) is 0.200. The monoisotopic (exact) mass is 270 g/mol. The van der Waals surface area contributed by atoms with Crippen LogP contribution in [0.2, 0.25) is 0 Å². The average Bonchev–Trinajstić information content (AvgIpc) is 2.22. The van der Waals surface area contributed by atoms with E-state index < -0.39 is 0 Å². The second-order valence-corrected chi connectivity index (χ2v) is 3.48. The normalized spacial score (nSPS) is 10.3. The second kappa shape index (κ2) is 6.19. The Hall–Kier alpha value is -1.36. The van der Waals surface area contributed by atoms with E-state index in [1.165, 1.54) is 0 Å². The number of oxime groups is 1. The van der Waals surface area contributed by atoms with Crippen LogP contribution in [0.15, 0.2) is 33.9 Å². The molecule has 0 aliphatic carbocycles. The number of rotatable bonds is 4. The van der Waals surface area contributed by atoms with Gasteiger partial charge in [-0.15, -0.1) is 0 Å². The molecule has 0 fully saturated rings. The minimum absolute atomic E-state index is 0.324. The van der Waals surface area contributed by atoms with Crippen molar-refractivity contribution in [1.29, 1.82) is 0 Å². The fourth-order valence-corrected chi connectivity index (χ4v) is 1.27. The van der Waals surface area contributed by atoms with E-state index in [2.05, 4.69) is 31.2 Å². The SMILES string of the molecule is CCO/N=C/C(=O)Nc1ccccc1Br. The van der Waals surface area contributed by atoms with Gasteiger partial charge in [0, 0.05) is 4.47 Å². The summed E-state index contributed by atoms with van der Waals surface area (Å²) in [4.78, 5) is 15.9. The highest BCUT2D eigenvalue weighted by Crippen LogP contribution is 2.20. The van der Waals surface area contributed by atoms with Gasteiger partial charge in [-0.1, -0.05) is 17.3 Å². The summed E-state index contributed by atoms with van der Waals surface area (Å²) in [5.74, 6) is -0.324. The van der Waals surface area contributed by atoms with Crippen molar-refractivity contribution in [3.63, 3.8) is 0 Å². The van der Waals surface area contributed by atoms with Crippen LogP contribution in [0, 0.1) is 0 Å². The molecule has 1 N–H and O–H groups in total. The third-order valence-corrected chi connectivity index (χ3v) is 2.20. The highest BCUT2D eigenvalue weighted by Gasteiger charge is 2.01. The number of amides is 1. The number of nitrogens with zero attached hydrogens (tertiary/aromatic N) is 1. The summed E-state index contributed by atoms with van der Waals surface area (Å²) in [6.07, 6.45) is 1.10. The minimum Gasteiger partial charge on any atom is -0.396 e. The standard InChI is InChI=1S/C10H11BrN2O2/c1-2-15-12-7-10(14)13-9-6-4-3-5-8(9)11/h3-7H,2H2,1H3,(H,13,14)/b12-7+. The zero-order chi connectivity index (χ0) is 11.1. The summed E-state index contributed by atoms with van der Waals surface area (Å²) in [6, 6.07) is 7.33. The zero-order valence-electron chi connectivity index (χ0n) is 8.24. The molecule has 0 saturated heterocycles. The molecule has 0 saturated carbocycles. The van der Waals surface area contributed by atoms with Gasteiger partial charge in [-0.25, -0.2) is 0 Å². The molecule has 4 nitrogen and oxygen atoms in total. The largest absolute Gasteiger partial charge is 0.396 e. The van der Waals surface area contributed by atoms with Crippen molar-refractivity contribution in [2.75, 3.05) is 11.9 Å². The lowest BCUT2D eigenvalue weighted by atomic mass is 10.3. The first-order valence-corrected chi connectivity index (χ1v) is 5.24. The third kappa shape index (κ3) is 4.12. The Morgan fingerprint density at radius 1 is 1.60 bits per heavy atom. The molecule has 0 aliphatic rings. The van der Waals surface area contributed by atoms with Crippen molar-refractivity contribution in [1.82, 2.24) is 0 Å². The number of hydrogen-bond acceptors (Lipinski definition) is 3. The summed E-state index contributed by atoms with van der Waals surface area (Å²) >= 11 is 3.32. The number of halogens is 1. The average molecular weight is 271 g/mol. The maximum atomic E-state index is 11.3. The highest BCUT2D eigenvalue weighted by molar-refractivity contribution is 9.10. The third-order valence-electron chi connectivity index (χ3n) is 1.51. The Kier molecular flexibility index (Phi) is 4.83. The molecule has 80 valence electrons. The lowest BCUT2D eigenvalue weighted by Crippen LogP contribution is -2.13. The second-order valence-electron chi connectivity index (χ2n) is 2.62. The molecular weight excluding hydrogens is 260 g/mol. The number of carbonyl (C=O) groups excluding carboxylic acids is 1. The zero-order valence-corrected chi connectivity index (χ0v) is 9.82. The first-order valence-electron chi connectivity index (χ1n) is 4.45. The summed E-state index contributed by atoms with van der Waals surface area (Å²) in [5, 5.41) is 6.12. The first kappa shape index (κ1) is 11.7. The van der Waals surface area contributed by atoms with Gasteiger partial charge in [0.2, 0.25) is 0 Å². The van der Waals surface area contributed by atoms with Gasteiger partial charge in [0.1, 0.15) is 12.8 Å². The van der Waals surface area contributed by atoms with Crippen LogP contribution < -0.4 is 5.32 Å². The van der Waals surface area contributed by atoms with E-state index in [9.17, 15) is 4.79 Å². The van der Waals surface area contributed by atoms with Crippen LogP contribution in [0.1, 0.15) is 6.92 Å². The van der Waals surface area contributed by atoms with Crippen LogP contribution in [0.3, 0.4) is 0 Å². The molecule has 0 bridgehead atoms. The topological polar surface area (TPSA) is 50.7 Å². The molecule has 0 aliphatic heterocycles. The van der Waals surface area contributed by atoms with Crippen LogP contribution in [-0.2, 0) is 9.63 Å². The Balaban J connectivity index is 2.55. The van der Waals surface area contributed by atoms with Gasteiger partial charge in [-0.3, -0.25) is 4.79 Å². The van der Waals surface area contributed by atoms with Crippen molar-refractivity contribution in [3.8, 4) is 0 Å². The number of nitrogens with one attached hydrogen (secondary N) is 1. The quantitative estimate of drug-likeness (QED) is 0.675.